The fourth-order valence-electron chi connectivity index (χ4n) is 10.7. The van der Waals surface area contributed by atoms with Crippen LogP contribution in [-0.2, 0) is 23.7 Å². The van der Waals surface area contributed by atoms with E-state index in [1.165, 1.54) is 0 Å². The number of ketones is 1. The molecule has 5 fully saturated rings. The minimum Gasteiger partial charge on any atom is -0.389 e. The van der Waals surface area contributed by atoms with Crippen molar-refractivity contribution >= 4 is 5.78 Å². The Morgan fingerprint density at radius 3 is 2.24 bits per heavy atom. The van der Waals surface area contributed by atoms with E-state index in [4.69, 9.17) is 0 Å². The Balaban J connectivity index is 1.10. The van der Waals surface area contributed by atoms with Crippen LogP contribution in [0.15, 0.2) is 18.2 Å². The van der Waals surface area contributed by atoms with Crippen molar-refractivity contribution in [3.8, 4) is 0 Å². The summed E-state index contributed by atoms with van der Waals surface area (Å²) in [4.78, 5) is 16.9. The summed E-state index contributed by atoms with van der Waals surface area (Å²) < 4.78 is 80.9. The lowest BCUT2D eigenvalue weighted by Crippen LogP contribution is -2.62. The van der Waals surface area contributed by atoms with Gasteiger partial charge in [-0.05, 0) is 112 Å². The molecule has 0 radical (unpaired) electrons. The van der Waals surface area contributed by atoms with Crippen LogP contribution in [0.1, 0.15) is 102 Å². The Hall–Kier alpha value is -1.65. The third kappa shape index (κ3) is 5.87. The number of halogens is 6. The number of nitrogens with zero attached hydrogens (tertiary/aromatic N) is 2. The highest BCUT2D eigenvalue weighted by molar-refractivity contribution is 5.87. The molecule has 4 nitrogen and oxygen atoms in total. The molecule has 1 aromatic carbocycles. The molecule has 1 heterocycles. The molecule has 10 heteroatoms. The highest BCUT2D eigenvalue weighted by atomic mass is 19.4. The molecule has 0 aromatic heterocycles. The van der Waals surface area contributed by atoms with Gasteiger partial charge < -0.3 is 5.11 Å². The van der Waals surface area contributed by atoms with Gasteiger partial charge in [0.25, 0.3) is 0 Å². The lowest BCUT2D eigenvalue weighted by molar-refractivity contribution is -0.160. The number of hydrogen-bond acceptors (Lipinski definition) is 4. The molecular formula is C35H48F6N2O2. The normalized spacial score (nSPS) is 41.4. The van der Waals surface area contributed by atoms with E-state index in [0.29, 0.717) is 55.5 Å². The van der Waals surface area contributed by atoms with E-state index in [2.05, 4.69) is 18.7 Å². The Bertz CT molecular complexity index is 1300. The summed E-state index contributed by atoms with van der Waals surface area (Å²) in [5, 5.41) is 12.0. The second-order valence-corrected chi connectivity index (χ2v) is 15.9. The fourth-order valence-corrected chi connectivity index (χ4v) is 10.7. The summed E-state index contributed by atoms with van der Waals surface area (Å²) >= 11 is 0. The van der Waals surface area contributed by atoms with Gasteiger partial charge in [-0.25, -0.2) is 0 Å². The zero-order chi connectivity index (χ0) is 32.7. The van der Waals surface area contributed by atoms with E-state index in [-0.39, 0.29) is 41.1 Å². The molecule has 1 saturated heterocycles. The SMILES string of the molecule is CC1CN(C[C@@]2(O)CC[C@@]3(C)[C@@H](CC[C@@H]4[C@@H]3CC[C@]3(C)C(=O)CC[C@@H]43)C2)C(C)CN1Cc1ccc(C(F)(F)F)cc1C(F)(F)F. The first kappa shape index (κ1) is 33.3. The van der Waals surface area contributed by atoms with Gasteiger partial charge in [-0.2, -0.15) is 26.3 Å². The highest BCUT2D eigenvalue weighted by Crippen LogP contribution is 2.66. The largest absolute Gasteiger partial charge is 0.416 e. The molecule has 4 saturated carbocycles. The van der Waals surface area contributed by atoms with E-state index < -0.39 is 29.1 Å². The number of Topliss-reactive ketones (excluding diaryl/α,β-unsaturated/α-hetero) is 1. The van der Waals surface area contributed by atoms with Crippen LogP contribution in [0.4, 0.5) is 26.3 Å². The van der Waals surface area contributed by atoms with Crippen molar-refractivity contribution in [1.82, 2.24) is 9.80 Å². The first-order valence-electron chi connectivity index (χ1n) is 16.9. The Kier molecular flexibility index (Phi) is 8.29. The van der Waals surface area contributed by atoms with Crippen molar-refractivity contribution in [2.45, 2.75) is 122 Å². The van der Waals surface area contributed by atoms with Crippen molar-refractivity contribution in [2.24, 2.45) is 34.5 Å². The summed E-state index contributed by atoms with van der Waals surface area (Å²) in [5.41, 5.74) is -3.51. The number of piperazine rings is 1. The Labute approximate surface area is 262 Å². The van der Waals surface area contributed by atoms with Gasteiger partial charge in [-0.3, -0.25) is 14.6 Å². The van der Waals surface area contributed by atoms with E-state index >= 15 is 0 Å². The molecule has 1 aromatic rings. The maximum atomic E-state index is 13.8. The number of carbonyl (C=O) groups excluding carboxylic acids is 1. The Morgan fingerprint density at radius 1 is 0.867 bits per heavy atom. The predicted octanol–water partition coefficient (Wildman–Crippen LogP) is 7.96. The molecule has 0 spiro atoms. The van der Waals surface area contributed by atoms with E-state index in [0.717, 1.165) is 63.5 Å². The smallest absolute Gasteiger partial charge is 0.389 e. The minimum absolute atomic E-state index is 0.0334. The van der Waals surface area contributed by atoms with Gasteiger partial charge in [-0.1, -0.05) is 19.9 Å². The number of β-amino-alcohol motifs (C(OH)–C–C–N with tert-alkyl or cyclic N) is 1. The summed E-state index contributed by atoms with van der Waals surface area (Å²) in [5.74, 6) is 2.57. The van der Waals surface area contributed by atoms with Crippen molar-refractivity contribution in [3.63, 3.8) is 0 Å². The van der Waals surface area contributed by atoms with Crippen LogP contribution < -0.4 is 0 Å². The first-order chi connectivity index (χ1) is 20.8. The molecular weight excluding hydrogens is 594 g/mol. The third-order valence-electron chi connectivity index (χ3n) is 13.4. The second-order valence-electron chi connectivity index (χ2n) is 15.9. The number of carbonyl (C=O) groups is 1. The maximum Gasteiger partial charge on any atom is 0.416 e. The molecule has 0 bridgehead atoms. The third-order valence-corrected chi connectivity index (χ3v) is 13.4. The predicted molar refractivity (Wildman–Crippen MR) is 159 cm³/mol. The highest BCUT2D eigenvalue weighted by Gasteiger charge is 2.61. The monoisotopic (exact) mass is 642 g/mol. The van der Waals surface area contributed by atoms with Gasteiger partial charge in [0.1, 0.15) is 5.78 Å². The van der Waals surface area contributed by atoms with Crippen molar-refractivity contribution < 1.29 is 36.2 Å². The molecule has 45 heavy (non-hydrogen) atoms. The van der Waals surface area contributed by atoms with Crippen LogP contribution in [0.2, 0.25) is 0 Å². The van der Waals surface area contributed by atoms with Crippen LogP contribution in [-0.4, -0.2) is 58.0 Å². The van der Waals surface area contributed by atoms with E-state index in [9.17, 15) is 36.2 Å². The number of benzene rings is 1. The molecule has 2 unspecified atom stereocenters. The average Bonchev–Trinajstić information content (AvgIpc) is 3.25. The first-order valence-corrected chi connectivity index (χ1v) is 16.9. The van der Waals surface area contributed by atoms with E-state index in [1.807, 2.05) is 18.7 Å². The summed E-state index contributed by atoms with van der Waals surface area (Å²) in [7, 11) is 0. The lowest BCUT2D eigenvalue weighted by Gasteiger charge is -2.61. The van der Waals surface area contributed by atoms with Gasteiger partial charge in [0, 0.05) is 50.1 Å². The van der Waals surface area contributed by atoms with Gasteiger partial charge >= 0.3 is 12.4 Å². The van der Waals surface area contributed by atoms with Gasteiger partial charge in [-0.15, -0.1) is 0 Å². The van der Waals surface area contributed by atoms with Crippen LogP contribution in [0.5, 0.6) is 0 Å². The quantitative estimate of drug-likeness (QED) is 0.339. The zero-order valence-corrected chi connectivity index (χ0v) is 26.9. The van der Waals surface area contributed by atoms with Crippen LogP contribution in [0, 0.1) is 34.5 Å². The molecule has 9 atom stereocenters. The maximum absolute atomic E-state index is 13.8. The van der Waals surface area contributed by atoms with Crippen LogP contribution >= 0.6 is 0 Å². The minimum atomic E-state index is -4.89. The molecule has 1 N–H and O–H groups in total. The number of aliphatic hydroxyl groups is 1. The van der Waals surface area contributed by atoms with Gasteiger partial charge in [0.05, 0.1) is 16.7 Å². The lowest BCUT2D eigenvalue weighted by atomic mass is 9.44. The summed E-state index contributed by atoms with van der Waals surface area (Å²) in [6.07, 6.45) is -1.28. The standard InChI is InChI=1S/C35H48F6N2O2/c1-21-18-43(22(2)17-42(21)19-23-5-6-24(34(36,37)38)15-29(23)35(39,40)41)20-33(45)14-13-31(3)25(16-33)7-8-26-27-9-10-30(44)32(27,4)12-11-28(26)31/h5-6,15,21-22,25-28,45H,7-14,16-20H2,1-4H3/t21?,22?,25-,26-,27-,28-,31-,32-,33+/m0/s1. The van der Waals surface area contributed by atoms with Gasteiger partial charge in [0.15, 0.2) is 0 Å². The number of alkyl halides is 6. The van der Waals surface area contributed by atoms with Crippen LogP contribution in [0.3, 0.4) is 0 Å². The summed E-state index contributed by atoms with van der Waals surface area (Å²) in [6.45, 7) is 10.0. The molecule has 5 aliphatic rings. The zero-order valence-electron chi connectivity index (χ0n) is 26.9. The molecule has 252 valence electrons. The topological polar surface area (TPSA) is 43.8 Å². The Morgan fingerprint density at radius 2 is 1.56 bits per heavy atom. The van der Waals surface area contributed by atoms with Crippen molar-refractivity contribution in [3.05, 3.63) is 34.9 Å². The van der Waals surface area contributed by atoms with E-state index in [1.54, 1.807) is 0 Å². The molecule has 0 amide bonds. The van der Waals surface area contributed by atoms with Crippen LogP contribution in [0.25, 0.3) is 0 Å². The average molecular weight is 643 g/mol. The molecule has 6 rings (SSSR count). The second kappa shape index (κ2) is 11.2. The number of fused-ring (bicyclic) bond motifs is 5. The number of rotatable bonds is 4. The molecule has 1 aliphatic heterocycles. The molecule has 4 aliphatic carbocycles. The fraction of sp³-hybridized carbons (Fsp3) is 0.800. The number of hydrogen-bond donors (Lipinski definition) is 1. The van der Waals surface area contributed by atoms with Crippen molar-refractivity contribution in [2.75, 3.05) is 19.6 Å². The summed E-state index contributed by atoms with van der Waals surface area (Å²) in [6, 6.07) is 1.74. The van der Waals surface area contributed by atoms with Gasteiger partial charge in [0.2, 0.25) is 0 Å². The van der Waals surface area contributed by atoms with Crippen molar-refractivity contribution in [1.29, 1.82) is 0 Å².